The van der Waals surface area contributed by atoms with Gasteiger partial charge in [0.2, 0.25) is 0 Å². The second-order valence-corrected chi connectivity index (χ2v) is 19.1. The molecule has 6 nitrogen and oxygen atoms in total. The van der Waals surface area contributed by atoms with Crippen molar-refractivity contribution in [3.63, 3.8) is 0 Å². The molecule has 0 aliphatic rings. The van der Waals surface area contributed by atoms with Crippen molar-refractivity contribution in [2.75, 3.05) is 13.2 Å². The summed E-state index contributed by atoms with van der Waals surface area (Å²) in [7, 11) is 0. The van der Waals surface area contributed by atoms with Gasteiger partial charge in [0, 0.05) is 19.3 Å². The zero-order chi connectivity index (χ0) is 57.1. The van der Waals surface area contributed by atoms with Crippen LogP contribution in [0, 0.1) is 0 Å². The first kappa shape index (κ1) is 73.0. The number of esters is 3. The van der Waals surface area contributed by atoms with Gasteiger partial charge < -0.3 is 14.2 Å². The van der Waals surface area contributed by atoms with E-state index in [4.69, 9.17) is 14.2 Å². The van der Waals surface area contributed by atoms with Gasteiger partial charge in [0.15, 0.2) is 6.10 Å². The van der Waals surface area contributed by atoms with Gasteiger partial charge in [-0.1, -0.05) is 234 Å². The van der Waals surface area contributed by atoms with E-state index in [1.807, 2.05) is 0 Å². The molecule has 0 saturated heterocycles. The van der Waals surface area contributed by atoms with Gasteiger partial charge >= 0.3 is 17.9 Å². The largest absolute Gasteiger partial charge is 0.462 e. The Balaban J connectivity index is 4.62. The lowest BCUT2D eigenvalue weighted by molar-refractivity contribution is -0.167. The summed E-state index contributed by atoms with van der Waals surface area (Å²) in [5, 5.41) is 0. The molecule has 1 atom stereocenters. The molecule has 0 fully saturated rings. The highest BCUT2D eigenvalue weighted by Crippen LogP contribution is 2.11. The monoisotopic (exact) mass is 1080 g/mol. The van der Waals surface area contributed by atoms with Crippen molar-refractivity contribution in [2.45, 2.75) is 219 Å². The van der Waals surface area contributed by atoms with Gasteiger partial charge in [0.05, 0.1) is 0 Å². The Morgan fingerprint density at radius 3 is 0.709 bits per heavy atom. The van der Waals surface area contributed by atoms with E-state index in [1.165, 1.54) is 0 Å². The van der Waals surface area contributed by atoms with Crippen LogP contribution in [0.1, 0.15) is 213 Å². The van der Waals surface area contributed by atoms with Crippen LogP contribution < -0.4 is 0 Å². The van der Waals surface area contributed by atoms with Crippen molar-refractivity contribution >= 4 is 17.9 Å². The van der Waals surface area contributed by atoms with Crippen LogP contribution in [0.2, 0.25) is 0 Å². The standard InChI is InChI=1S/C73H108O6/c1-4-7-10-13-16-19-22-25-28-30-32-34-35-36-37-39-40-42-45-48-51-54-57-60-63-66-72(75)78-69-70(68-77-71(74)65-62-59-56-53-50-47-44-27-24-21-18-15-12-9-6-3)79-73(76)67-64-61-58-55-52-49-46-43-41-38-33-31-29-26-23-20-17-14-11-8-5-2/h7-12,16-21,25-29,32-34,36-38,40,42-44,46,48,50-53,55,70H,4-6,13-15,22-24,30-31,35,39,41,45,47,49,54,56-69H2,1-3H3/b10-7-,11-8-,12-9-,19-16-,20-17-,21-18-,28-25-,29-26-,34-32-,37-36-,38-33-,42-40-,44-27-,46-43-,51-48-,53-50-,55-52-. The molecule has 0 saturated carbocycles. The first-order valence-corrected chi connectivity index (χ1v) is 30.6. The number of allylic oxidation sites excluding steroid dienone is 34. The molecular weight excluding hydrogens is 973 g/mol. The Kier molecular flexibility index (Phi) is 59.6. The van der Waals surface area contributed by atoms with E-state index >= 15 is 0 Å². The lowest BCUT2D eigenvalue weighted by Crippen LogP contribution is -2.30. The molecule has 0 spiro atoms. The van der Waals surface area contributed by atoms with E-state index in [-0.39, 0.29) is 50.4 Å². The van der Waals surface area contributed by atoms with E-state index in [1.54, 1.807) is 0 Å². The van der Waals surface area contributed by atoms with Gasteiger partial charge in [-0.25, -0.2) is 0 Å². The smallest absolute Gasteiger partial charge is 0.306 e. The van der Waals surface area contributed by atoms with Crippen molar-refractivity contribution in [3.8, 4) is 0 Å². The zero-order valence-electron chi connectivity index (χ0n) is 49.8. The molecule has 6 heteroatoms. The lowest BCUT2D eigenvalue weighted by atomic mass is 10.1. The van der Waals surface area contributed by atoms with Gasteiger partial charge in [-0.2, -0.15) is 0 Å². The van der Waals surface area contributed by atoms with Crippen LogP contribution in [0.3, 0.4) is 0 Å². The number of ether oxygens (including phenoxy) is 3. The Morgan fingerprint density at radius 2 is 0.456 bits per heavy atom. The minimum Gasteiger partial charge on any atom is -0.462 e. The summed E-state index contributed by atoms with van der Waals surface area (Å²) in [6, 6.07) is 0. The number of unbranched alkanes of at least 4 members (excludes halogenated alkanes) is 7. The summed E-state index contributed by atoms with van der Waals surface area (Å²) in [5.74, 6) is -1.07. The molecule has 0 rings (SSSR count). The van der Waals surface area contributed by atoms with E-state index in [0.29, 0.717) is 12.8 Å². The third-order valence-corrected chi connectivity index (χ3v) is 11.8. The zero-order valence-corrected chi connectivity index (χ0v) is 49.8. The van der Waals surface area contributed by atoms with E-state index in [9.17, 15) is 14.4 Å². The second kappa shape index (κ2) is 64.5. The maximum atomic E-state index is 12.9. The van der Waals surface area contributed by atoms with Crippen molar-refractivity contribution in [1.82, 2.24) is 0 Å². The maximum Gasteiger partial charge on any atom is 0.306 e. The van der Waals surface area contributed by atoms with Crippen LogP contribution in [0.4, 0.5) is 0 Å². The van der Waals surface area contributed by atoms with Crippen LogP contribution in [0.15, 0.2) is 207 Å². The highest BCUT2D eigenvalue weighted by molar-refractivity contribution is 5.71. The summed E-state index contributed by atoms with van der Waals surface area (Å²) in [6.07, 6.45) is 99.7. The number of rotatable bonds is 52. The molecule has 0 amide bonds. The molecule has 79 heavy (non-hydrogen) atoms. The molecule has 0 aromatic rings. The topological polar surface area (TPSA) is 78.9 Å². The van der Waals surface area contributed by atoms with Crippen molar-refractivity contribution in [1.29, 1.82) is 0 Å². The number of hydrogen-bond acceptors (Lipinski definition) is 6. The van der Waals surface area contributed by atoms with E-state index in [0.717, 1.165) is 161 Å². The molecule has 436 valence electrons. The molecule has 0 aromatic carbocycles. The van der Waals surface area contributed by atoms with Crippen molar-refractivity contribution in [3.05, 3.63) is 207 Å². The highest BCUT2D eigenvalue weighted by Gasteiger charge is 2.19. The summed E-state index contributed by atoms with van der Waals surface area (Å²) in [6.45, 7) is 6.17. The maximum absolute atomic E-state index is 12.9. The minimum atomic E-state index is -0.848. The number of hydrogen-bond donors (Lipinski definition) is 0. The van der Waals surface area contributed by atoms with Crippen LogP contribution in [-0.4, -0.2) is 37.2 Å². The predicted molar refractivity (Wildman–Crippen MR) is 343 cm³/mol. The number of carbonyl (C=O) groups excluding carboxylic acids is 3. The lowest BCUT2D eigenvalue weighted by Gasteiger charge is -2.18. The van der Waals surface area contributed by atoms with E-state index < -0.39 is 6.10 Å². The average molecular weight is 1080 g/mol. The van der Waals surface area contributed by atoms with Crippen molar-refractivity contribution in [2.24, 2.45) is 0 Å². The molecule has 1 unspecified atom stereocenters. The fraction of sp³-hybridized carbons (Fsp3) is 0.493. The molecule has 0 aliphatic carbocycles. The molecule has 0 aromatic heterocycles. The van der Waals surface area contributed by atoms with Gasteiger partial charge in [-0.3, -0.25) is 14.4 Å². The molecule has 0 aliphatic heterocycles. The first-order valence-electron chi connectivity index (χ1n) is 30.6. The Bertz CT molecular complexity index is 1960. The Hall–Kier alpha value is -6.01. The fourth-order valence-corrected chi connectivity index (χ4v) is 7.30. The molecular formula is C73H108O6. The third-order valence-electron chi connectivity index (χ3n) is 11.8. The molecule has 0 radical (unpaired) electrons. The van der Waals surface area contributed by atoms with Crippen LogP contribution in [-0.2, 0) is 28.6 Å². The minimum absolute atomic E-state index is 0.139. The Labute approximate surface area is 483 Å². The quantitative estimate of drug-likeness (QED) is 0.0261. The summed E-state index contributed by atoms with van der Waals surface area (Å²) >= 11 is 0. The van der Waals surface area contributed by atoms with Gasteiger partial charge in [-0.15, -0.1) is 0 Å². The van der Waals surface area contributed by atoms with Gasteiger partial charge in [0.1, 0.15) is 13.2 Å². The summed E-state index contributed by atoms with van der Waals surface area (Å²) in [4.78, 5) is 38.3. The Morgan fingerprint density at radius 1 is 0.253 bits per heavy atom. The normalized spacial score (nSPS) is 13.6. The fourth-order valence-electron chi connectivity index (χ4n) is 7.30. The van der Waals surface area contributed by atoms with Crippen LogP contribution in [0.5, 0.6) is 0 Å². The van der Waals surface area contributed by atoms with Crippen LogP contribution >= 0.6 is 0 Å². The van der Waals surface area contributed by atoms with Gasteiger partial charge in [-0.05, 0) is 167 Å². The second-order valence-electron chi connectivity index (χ2n) is 19.1. The van der Waals surface area contributed by atoms with Crippen molar-refractivity contribution < 1.29 is 28.6 Å². The number of carbonyl (C=O) groups is 3. The first-order chi connectivity index (χ1) is 39.0. The average Bonchev–Trinajstić information content (AvgIpc) is 3.45. The molecule has 0 heterocycles. The van der Waals surface area contributed by atoms with Gasteiger partial charge in [0.25, 0.3) is 0 Å². The summed E-state index contributed by atoms with van der Waals surface area (Å²) in [5.41, 5.74) is 0. The molecule has 0 N–H and O–H groups in total. The van der Waals surface area contributed by atoms with E-state index in [2.05, 4.69) is 227 Å². The molecule has 0 bridgehead atoms. The van der Waals surface area contributed by atoms with Crippen LogP contribution in [0.25, 0.3) is 0 Å². The SMILES string of the molecule is CC/C=C\C/C=C\C/C=C\C/C=C\C/C=C\C/C=C\C/C=C\CCCCCC(=O)OCC(COC(=O)CCCC/C=C\C/C=C\C/C=C\C/C=C\CC)OC(=O)CCCC/C=C\C/C=C\C/C=C\C/C=C\C/C=C\C/C=C\CC. The highest BCUT2D eigenvalue weighted by atomic mass is 16.6. The third kappa shape index (κ3) is 62.7. The predicted octanol–water partition coefficient (Wildman–Crippen LogP) is 21.2. The summed E-state index contributed by atoms with van der Waals surface area (Å²) < 4.78 is 16.8.